The van der Waals surface area contributed by atoms with E-state index in [1.54, 1.807) is 54.6 Å². The first-order valence-corrected chi connectivity index (χ1v) is 8.57. The second-order valence-electron chi connectivity index (χ2n) is 5.99. The number of carbonyl (C=O) groups excluding carboxylic acids is 4. The van der Waals surface area contributed by atoms with Crippen molar-refractivity contribution >= 4 is 23.8 Å². The predicted octanol–water partition coefficient (Wildman–Crippen LogP) is 1.67. The van der Waals surface area contributed by atoms with E-state index in [0.717, 1.165) is 0 Å². The van der Waals surface area contributed by atoms with Gasteiger partial charge < -0.3 is 15.8 Å². The Labute approximate surface area is 162 Å². The third kappa shape index (κ3) is 6.24. The van der Waals surface area contributed by atoms with Gasteiger partial charge in [-0.1, -0.05) is 48.5 Å². The van der Waals surface area contributed by atoms with Gasteiger partial charge in [-0.3, -0.25) is 19.7 Å². The maximum atomic E-state index is 12.5. The number of primary amides is 1. The smallest absolute Gasteiger partial charge is 0.318 e. The van der Waals surface area contributed by atoms with Crippen LogP contribution in [-0.2, 0) is 14.3 Å². The van der Waals surface area contributed by atoms with E-state index >= 15 is 0 Å². The van der Waals surface area contributed by atoms with Crippen LogP contribution in [0.15, 0.2) is 60.7 Å². The summed E-state index contributed by atoms with van der Waals surface area (Å²) in [5.74, 6) is -1.89. The molecule has 2 aromatic carbocycles. The number of rotatable bonds is 7. The van der Waals surface area contributed by atoms with E-state index in [9.17, 15) is 19.2 Å². The summed E-state index contributed by atoms with van der Waals surface area (Å²) in [5, 5.41) is 4.64. The molecular formula is C20H21N3O5. The molecule has 0 aliphatic carbocycles. The van der Waals surface area contributed by atoms with E-state index in [1.807, 2.05) is 11.4 Å². The van der Waals surface area contributed by atoms with Crippen LogP contribution in [0.25, 0.3) is 0 Å². The summed E-state index contributed by atoms with van der Waals surface area (Å²) in [5.41, 5.74) is 6.03. The lowest BCUT2D eigenvalue weighted by Crippen LogP contribution is -2.42. The number of amides is 4. The van der Waals surface area contributed by atoms with Crippen LogP contribution in [-0.4, -0.2) is 29.9 Å². The van der Waals surface area contributed by atoms with Crippen molar-refractivity contribution in [3.63, 3.8) is 0 Å². The quantitative estimate of drug-likeness (QED) is 0.627. The van der Waals surface area contributed by atoms with Crippen LogP contribution in [0, 0.1) is 0 Å². The molecule has 0 saturated carbocycles. The van der Waals surface area contributed by atoms with Crippen molar-refractivity contribution in [3.05, 3.63) is 71.8 Å². The number of ether oxygens (including phenoxy) is 1. The fourth-order valence-corrected chi connectivity index (χ4v) is 2.46. The number of hydrogen-bond acceptors (Lipinski definition) is 5. The zero-order valence-electron chi connectivity index (χ0n) is 15.3. The molecule has 0 radical (unpaired) electrons. The molecule has 0 spiro atoms. The number of imide groups is 1. The van der Waals surface area contributed by atoms with Gasteiger partial charge in [-0.25, -0.2) is 4.79 Å². The normalized spacial score (nSPS) is 12.3. The number of hydrogen-bond donors (Lipinski definition) is 3. The molecule has 0 aliphatic rings. The average molecular weight is 383 g/mol. The summed E-state index contributed by atoms with van der Waals surface area (Å²) in [6.45, 7) is 1.32. The molecule has 0 unspecified atom stereocenters. The summed E-state index contributed by atoms with van der Waals surface area (Å²) >= 11 is 0. The van der Waals surface area contributed by atoms with Gasteiger partial charge in [0.15, 0.2) is 6.10 Å². The second-order valence-corrected chi connectivity index (χ2v) is 5.99. The lowest BCUT2D eigenvalue weighted by molar-refractivity contribution is -0.154. The third-order valence-electron chi connectivity index (χ3n) is 3.84. The largest absolute Gasteiger partial charge is 0.452 e. The number of nitrogens with two attached hydrogens (primary N) is 1. The molecule has 2 atom stereocenters. The standard InChI is InChI=1S/C20H21N3O5/c1-13(18(25)23-20(21)27)28-17(24)12-16(14-8-4-2-5-9-14)22-19(26)15-10-6-3-7-11-15/h2-11,13,16H,12H2,1H3,(H,22,26)(H3,21,23,25,27)/t13-,16-/m0/s1. The number of nitrogens with one attached hydrogen (secondary N) is 2. The molecule has 8 nitrogen and oxygen atoms in total. The number of benzene rings is 2. The van der Waals surface area contributed by atoms with Crippen molar-refractivity contribution in [2.75, 3.05) is 0 Å². The fourth-order valence-electron chi connectivity index (χ4n) is 2.46. The third-order valence-corrected chi connectivity index (χ3v) is 3.84. The highest BCUT2D eigenvalue weighted by molar-refractivity contribution is 5.96. The molecular weight excluding hydrogens is 362 g/mol. The Kier molecular flexibility index (Phi) is 7.27. The minimum Gasteiger partial charge on any atom is -0.452 e. The van der Waals surface area contributed by atoms with Crippen molar-refractivity contribution in [1.29, 1.82) is 0 Å². The zero-order chi connectivity index (χ0) is 20.5. The van der Waals surface area contributed by atoms with E-state index in [2.05, 4.69) is 5.32 Å². The van der Waals surface area contributed by atoms with Crippen molar-refractivity contribution in [1.82, 2.24) is 10.6 Å². The van der Waals surface area contributed by atoms with Crippen molar-refractivity contribution in [2.45, 2.75) is 25.5 Å². The van der Waals surface area contributed by atoms with E-state index in [0.29, 0.717) is 11.1 Å². The monoisotopic (exact) mass is 383 g/mol. The molecule has 0 bridgehead atoms. The number of esters is 1. The Balaban J connectivity index is 2.08. The van der Waals surface area contributed by atoms with Gasteiger partial charge >= 0.3 is 12.0 Å². The van der Waals surface area contributed by atoms with E-state index < -0.39 is 30.1 Å². The SMILES string of the molecule is C[C@H](OC(=O)C[C@H](NC(=O)c1ccccc1)c1ccccc1)C(=O)NC(N)=O. The Morgan fingerprint density at radius 1 is 0.964 bits per heavy atom. The molecule has 28 heavy (non-hydrogen) atoms. The maximum Gasteiger partial charge on any atom is 0.318 e. The first kappa shape index (κ1) is 20.6. The first-order valence-electron chi connectivity index (χ1n) is 8.57. The van der Waals surface area contributed by atoms with Crippen LogP contribution in [0.2, 0.25) is 0 Å². The van der Waals surface area contributed by atoms with Crippen LogP contribution in [0.5, 0.6) is 0 Å². The molecule has 146 valence electrons. The van der Waals surface area contributed by atoms with Gasteiger partial charge in [0.25, 0.3) is 11.8 Å². The fraction of sp³-hybridized carbons (Fsp3) is 0.200. The highest BCUT2D eigenvalue weighted by atomic mass is 16.5. The van der Waals surface area contributed by atoms with E-state index in [-0.39, 0.29) is 12.3 Å². The summed E-state index contributed by atoms with van der Waals surface area (Å²) in [6, 6.07) is 15.8. The van der Waals surface area contributed by atoms with Crippen molar-refractivity contribution < 1.29 is 23.9 Å². The van der Waals surface area contributed by atoms with Gasteiger partial charge in [-0.05, 0) is 24.6 Å². The molecule has 0 fully saturated rings. The van der Waals surface area contributed by atoms with Crippen molar-refractivity contribution in [2.24, 2.45) is 5.73 Å². The minimum absolute atomic E-state index is 0.198. The van der Waals surface area contributed by atoms with Crippen molar-refractivity contribution in [3.8, 4) is 0 Å². The lowest BCUT2D eigenvalue weighted by Gasteiger charge is -2.20. The summed E-state index contributed by atoms with van der Waals surface area (Å²) in [4.78, 5) is 47.1. The highest BCUT2D eigenvalue weighted by Gasteiger charge is 2.24. The average Bonchev–Trinajstić information content (AvgIpc) is 2.68. The predicted molar refractivity (Wildman–Crippen MR) is 101 cm³/mol. The van der Waals surface area contributed by atoms with Crippen LogP contribution >= 0.6 is 0 Å². The molecule has 4 N–H and O–H groups in total. The molecule has 2 aromatic rings. The van der Waals surface area contributed by atoms with Gasteiger partial charge in [0, 0.05) is 5.56 Å². The topological polar surface area (TPSA) is 128 Å². The summed E-state index contributed by atoms with van der Waals surface area (Å²) in [6.07, 6.45) is -1.40. The maximum absolute atomic E-state index is 12.5. The van der Waals surface area contributed by atoms with Gasteiger partial charge in [0.2, 0.25) is 0 Å². The Morgan fingerprint density at radius 2 is 1.54 bits per heavy atom. The Hall–Kier alpha value is -3.68. The second kappa shape index (κ2) is 9.86. The van der Waals surface area contributed by atoms with E-state index in [4.69, 9.17) is 10.5 Å². The number of carbonyl (C=O) groups is 4. The Morgan fingerprint density at radius 3 is 2.11 bits per heavy atom. The molecule has 0 aliphatic heterocycles. The molecule has 8 heteroatoms. The summed E-state index contributed by atoms with van der Waals surface area (Å²) in [7, 11) is 0. The van der Waals surface area contributed by atoms with Crippen LogP contribution in [0.4, 0.5) is 4.79 Å². The summed E-state index contributed by atoms with van der Waals surface area (Å²) < 4.78 is 5.04. The van der Waals surface area contributed by atoms with Crippen LogP contribution in [0.3, 0.4) is 0 Å². The van der Waals surface area contributed by atoms with Gasteiger partial charge in [0.05, 0.1) is 12.5 Å². The van der Waals surface area contributed by atoms with Crippen LogP contribution in [0.1, 0.15) is 35.3 Å². The number of urea groups is 1. The van der Waals surface area contributed by atoms with E-state index in [1.165, 1.54) is 6.92 Å². The zero-order valence-corrected chi connectivity index (χ0v) is 15.3. The molecule has 4 amide bonds. The van der Waals surface area contributed by atoms with Crippen LogP contribution < -0.4 is 16.4 Å². The molecule has 0 saturated heterocycles. The first-order chi connectivity index (χ1) is 13.4. The molecule has 0 heterocycles. The van der Waals surface area contributed by atoms with Gasteiger partial charge in [-0.15, -0.1) is 0 Å². The van der Waals surface area contributed by atoms with Gasteiger partial charge in [0.1, 0.15) is 0 Å². The minimum atomic E-state index is -1.21. The molecule has 0 aromatic heterocycles. The molecule has 2 rings (SSSR count). The lowest BCUT2D eigenvalue weighted by atomic mass is 10.0. The Bertz CT molecular complexity index is 839. The van der Waals surface area contributed by atoms with Gasteiger partial charge in [-0.2, -0.15) is 0 Å². The highest BCUT2D eigenvalue weighted by Crippen LogP contribution is 2.18.